The molecule has 0 bridgehead atoms. The van der Waals surface area contributed by atoms with E-state index in [1.54, 1.807) is 0 Å². The predicted octanol–water partition coefficient (Wildman–Crippen LogP) is 18.4. The summed E-state index contributed by atoms with van der Waals surface area (Å²) in [7, 11) is 0. The zero-order chi connectivity index (χ0) is 50.0. The van der Waals surface area contributed by atoms with E-state index in [4.69, 9.17) is 14.2 Å². The molecule has 386 valence electrons. The standard InChI is InChI=1S/C63H98O6/c1-4-7-10-13-15-17-19-21-23-25-26-27-28-29-30-31-32-33-34-35-36-38-39-41-43-45-47-50-53-56-62(65)68-59-60(58-67-61(64)55-52-49-12-9-6-3)69-63(66)57-54-51-48-46-44-42-40-37-24-22-20-18-16-14-11-8-5-2/h7-8,10-11,15-18,21-24,26-27,29-30,32-33,35-36,40,42,46,48,60H,4-6,9,12-14,19-20,25,28,31,34,37-39,41,43-45,47,49-59H2,1-3H3/b10-7-,11-8-,17-15-,18-16-,23-21-,24-22-,27-26-,30-29-,33-32-,36-35-,42-40-,48-46-. The van der Waals surface area contributed by atoms with Crippen LogP contribution in [0.3, 0.4) is 0 Å². The van der Waals surface area contributed by atoms with Crippen molar-refractivity contribution >= 4 is 17.9 Å². The molecule has 1 unspecified atom stereocenters. The summed E-state index contributed by atoms with van der Waals surface area (Å²) in [6.45, 7) is 6.24. The maximum Gasteiger partial charge on any atom is 0.306 e. The molecule has 0 aliphatic heterocycles. The van der Waals surface area contributed by atoms with Gasteiger partial charge in [-0.25, -0.2) is 0 Å². The van der Waals surface area contributed by atoms with E-state index in [1.807, 2.05) is 0 Å². The molecule has 0 aromatic heterocycles. The van der Waals surface area contributed by atoms with Gasteiger partial charge in [-0.2, -0.15) is 0 Å². The summed E-state index contributed by atoms with van der Waals surface area (Å²) in [5.41, 5.74) is 0. The fraction of sp³-hybridized carbons (Fsp3) is 0.571. The van der Waals surface area contributed by atoms with Crippen LogP contribution in [-0.4, -0.2) is 37.2 Å². The van der Waals surface area contributed by atoms with E-state index in [1.165, 1.54) is 25.7 Å². The van der Waals surface area contributed by atoms with E-state index in [9.17, 15) is 14.4 Å². The third-order valence-corrected chi connectivity index (χ3v) is 10.8. The highest BCUT2D eigenvalue weighted by Gasteiger charge is 2.19. The predicted molar refractivity (Wildman–Crippen MR) is 297 cm³/mol. The number of esters is 3. The Morgan fingerprint density at radius 1 is 0.304 bits per heavy atom. The first-order valence-electron chi connectivity index (χ1n) is 27.3. The van der Waals surface area contributed by atoms with Gasteiger partial charge in [0.05, 0.1) is 0 Å². The van der Waals surface area contributed by atoms with Gasteiger partial charge in [0.2, 0.25) is 0 Å². The number of ether oxygens (including phenoxy) is 3. The zero-order valence-electron chi connectivity index (χ0n) is 44.0. The van der Waals surface area contributed by atoms with Crippen LogP contribution in [0.15, 0.2) is 146 Å². The minimum Gasteiger partial charge on any atom is -0.462 e. The van der Waals surface area contributed by atoms with Gasteiger partial charge in [-0.15, -0.1) is 0 Å². The Morgan fingerprint density at radius 3 is 0.928 bits per heavy atom. The quantitative estimate of drug-likeness (QED) is 0.0262. The normalized spacial score (nSPS) is 13.3. The topological polar surface area (TPSA) is 78.9 Å². The zero-order valence-corrected chi connectivity index (χ0v) is 44.0. The number of rotatable bonds is 47. The third kappa shape index (κ3) is 54.1. The summed E-state index contributed by atoms with van der Waals surface area (Å²) in [6.07, 6.45) is 80.3. The van der Waals surface area contributed by atoms with Crippen LogP contribution < -0.4 is 0 Å². The Hall–Kier alpha value is -4.71. The molecule has 6 heteroatoms. The second-order valence-corrected chi connectivity index (χ2v) is 17.4. The molecule has 0 spiro atoms. The summed E-state index contributed by atoms with van der Waals surface area (Å²) in [5.74, 6) is -1.01. The molecule has 0 amide bonds. The van der Waals surface area contributed by atoms with E-state index >= 15 is 0 Å². The van der Waals surface area contributed by atoms with Crippen LogP contribution in [0, 0.1) is 0 Å². The summed E-state index contributed by atoms with van der Waals surface area (Å²) < 4.78 is 16.6. The van der Waals surface area contributed by atoms with Gasteiger partial charge < -0.3 is 14.2 Å². The van der Waals surface area contributed by atoms with Crippen LogP contribution >= 0.6 is 0 Å². The molecule has 0 heterocycles. The second-order valence-electron chi connectivity index (χ2n) is 17.4. The molecule has 0 aromatic carbocycles. The Bertz CT molecular complexity index is 1560. The summed E-state index contributed by atoms with van der Waals surface area (Å²) in [4.78, 5) is 37.7. The van der Waals surface area contributed by atoms with E-state index < -0.39 is 6.10 Å². The van der Waals surface area contributed by atoms with Crippen LogP contribution in [0.25, 0.3) is 0 Å². The van der Waals surface area contributed by atoms with Crippen LogP contribution in [0.1, 0.15) is 213 Å². The van der Waals surface area contributed by atoms with Crippen molar-refractivity contribution in [2.45, 2.75) is 219 Å². The fourth-order valence-corrected chi connectivity index (χ4v) is 6.81. The third-order valence-electron chi connectivity index (χ3n) is 10.8. The maximum atomic E-state index is 12.7. The number of hydrogen-bond acceptors (Lipinski definition) is 6. The van der Waals surface area contributed by atoms with Crippen molar-refractivity contribution in [3.05, 3.63) is 146 Å². The van der Waals surface area contributed by atoms with Crippen LogP contribution in [0.5, 0.6) is 0 Å². The van der Waals surface area contributed by atoms with Crippen molar-refractivity contribution in [1.82, 2.24) is 0 Å². The van der Waals surface area contributed by atoms with E-state index in [-0.39, 0.29) is 37.5 Å². The molecular weight excluding hydrogens is 853 g/mol. The van der Waals surface area contributed by atoms with Crippen molar-refractivity contribution in [3.8, 4) is 0 Å². The molecule has 0 radical (unpaired) electrons. The highest BCUT2D eigenvalue weighted by Crippen LogP contribution is 2.12. The highest BCUT2D eigenvalue weighted by molar-refractivity contribution is 5.71. The lowest BCUT2D eigenvalue weighted by Crippen LogP contribution is -2.30. The smallest absolute Gasteiger partial charge is 0.306 e. The van der Waals surface area contributed by atoms with Crippen LogP contribution in [0.4, 0.5) is 0 Å². The van der Waals surface area contributed by atoms with Gasteiger partial charge in [-0.1, -0.05) is 224 Å². The number of carbonyl (C=O) groups excluding carboxylic acids is 3. The average Bonchev–Trinajstić information content (AvgIpc) is 3.35. The molecule has 0 N–H and O–H groups in total. The lowest BCUT2D eigenvalue weighted by atomic mass is 10.1. The summed E-state index contributed by atoms with van der Waals surface area (Å²) in [5, 5.41) is 0. The Labute approximate surface area is 423 Å². The molecule has 0 saturated heterocycles. The molecule has 0 fully saturated rings. The van der Waals surface area contributed by atoms with Gasteiger partial charge in [0.1, 0.15) is 13.2 Å². The van der Waals surface area contributed by atoms with Gasteiger partial charge >= 0.3 is 17.9 Å². The monoisotopic (exact) mass is 951 g/mol. The van der Waals surface area contributed by atoms with Gasteiger partial charge in [0, 0.05) is 19.3 Å². The second kappa shape index (κ2) is 55.9. The van der Waals surface area contributed by atoms with Crippen molar-refractivity contribution in [2.24, 2.45) is 0 Å². The van der Waals surface area contributed by atoms with Gasteiger partial charge in [0.15, 0.2) is 6.10 Å². The molecule has 0 aliphatic carbocycles. The Balaban J connectivity index is 4.22. The van der Waals surface area contributed by atoms with Gasteiger partial charge in [-0.3, -0.25) is 14.4 Å². The molecule has 0 rings (SSSR count). The number of carbonyl (C=O) groups is 3. The first kappa shape index (κ1) is 64.3. The molecule has 0 saturated carbocycles. The van der Waals surface area contributed by atoms with Gasteiger partial charge in [-0.05, 0) is 116 Å². The summed E-state index contributed by atoms with van der Waals surface area (Å²) >= 11 is 0. The first-order chi connectivity index (χ1) is 34.0. The first-order valence-corrected chi connectivity index (χ1v) is 27.3. The van der Waals surface area contributed by atoms with Crippen molar-refractivity contribution < 1.29 is 28.6 Å². The Kier molecular flexibility index (Phi) is 52.1. The maximum absolute atomic E-state index is 12.7. The minimum atomic E-state index is -0.814. The molecule has 6 nitrogen and oxygen atoms in total. The van der Waals surface area contributed by atoms with E-state index in [0.717, 1.165) is 141 Å². The SMILES string of the molecule is CC/C=C\C/C=C\C/C=C\C/C=C\C/C=C\C/C=C\C/C=C\CCCCCCCCCC(=O)OCC(COC(=O)CCCCCCC)OC(=O)CCC/C=C\C/C=C\C/C=C\C/C=C\C/C=C\CC. The number of hydrogen-bond donors (Lipinski definition) is 0. The molecule has 0 aromatic rings. The van der Waals surface area contributed by atoms with Gasteiger partial charge in [0.25, 0.3) is 0 Å². The van der Waals surface area contributed by atoms with E-state index in [2.05, 4.69) is 167 Å². The lowest BCUT2D eigenvalue weighted by Gasteiger charge is -2.18. The average molecular weight is 951 g/mol. The fourth-order valence-electron chi connectivity index (χ4n) is 6.81. The minimum absolute atomic E-state index is 0.110. The van der Waals surface area contributed by atoms with Crippen LogP contribution in [0.2, 0.25) is 0 Å². The number of allylic oxidation sites excluding steroid dienone is 24. The van der Waals surface area contributed by atoms with Crippen molar-refractivity contribution in [3.63, 3.8) is 0 Å². The largest absolute Gasteiger partial charge is 0.462 e. The van der Waals surface area contributed by atoms with E-state index in [0.29, 0.717) is 19.3 Å². The van der Waals surface area contributed by atoms with Crippen LogP contribution in [-0.2, 0) is 28.6 Å². The summed E-state index contributed by atoms with van der Waals surface area (Å²) in [6, 6.07) is 0. The molecule has 1 atom stereocenters. The number of unbranched alkanes of at least 4 members (excludes halogenated alkanes) is 12. The molecular formula is C63H98O6. The molecule has 69 heavy (non-hydrogen) atoms. The van der Waals surface area contributed by atoms with Crippen molar-refractivity contribution in [2.75, 3.05) is 13.2 Å². The molecule has 0 aliphatic rings. The van der Waals surface area contributed by atoms with Crippen molar-refractivity contribution in [1.29, 1.82) is 0 Å². The highest BCUT2D eigenvalue weighted by atomic mass is 16.6. The lowest BCUT2D eigenvalue weighted by molar-refractivity contribution is -0.167. The Morgan fingerprint density at radius 2 is 0.580 bits per heavy atom.